The summed E-state index contributed by atoms with van der Waals surface area (Å²) in [5, 5.41) is 3.39. The standard InChI is InChI=1S/C17H26N2O3.2ClH/c1-5-6-14(19-9-7-18-8-10-19)17-15(21-3)11-13(20-2)12-16(17)22-4;;/h5,11-12,14,18H,1,6-10H2,2-4H3;2*1H/t14-;;/m0../s1. The van der Waals surface area contributed by atoms with Crippen molar-refractivity contribution in [2.75, 3.05) is 47.5 Å². The molecule has 1 aliphatic heterocycles. The van der Waals surface area contributed by atoms with Crippen LogP contribution in [0.1, 0.15) is 18.0 Å². The van der Waals surface area contributed by atoms with Crippen molar-refractivity contribution in [3.63, 3.8) is 0 Å². The van der Waals surface area contributed by atoms with Crippen molar-refractivity contribution in [2.24, 2.45) is 0 Å². The first-order chi connectivity index (χ1) is 10.7. The number of nitrogens with zero attached hydrogens (tertiary/aromatic N) is 1. The summed E-state index contributed by atoms with van der Waals surface area (Å²) in [6.07, 6.45) is 2.80. The van der Waals surface area contributed by atoms with Crippen LogP contribution in [0.5, 0.6) is 17.2 Å². The second-order valence-electron chi connectivity index (χ2n) is 5.27. The summed E-state index contributed by atoms with van der Waals surface area (Å²) in [4.78, 5) is 2.45. The van der Waals surface area contributed by atoms with E-state index in [4.69, 9.17) is 14.2 Å². The van der Waals surface area contributed by atoms with Crippen molar-refractivity contribution < 1.29 is 14.2 Å². The molecule has 1 heterocycles. The highest BCUT2D eigenvalue weighted by atomic mass is 35.5. The third kappa shape index (κ3) is 5.18. The Morgan fingerprint density at radius 2 is 1.62 bits per heavy atom. The molecular formula is C17H28Cl2N2O3. The van der Waals surface area contributed by atoms with E-state index in [0.29, 0.717) is 0 Å². The number of ether oxygens (including phenoxy) is 3. The molecule has 1 fully saturated rings. The van der Waals surface area contributed by atoms with Gasteiger partial charge < -0.3 is 19.5 Å². The predicted molar refractivity (Wildman–Crippen MR) is 103 cm³/mol. The van der Waals surface area contributed by atoms with Gasteiger partial charge in [0.15, 0.2) is 0 Å². The first-order valence-electron chi connectivity index (χ1n) is 7.60. The molecule has 0 aliphatic carbocycles. The van der Waals surface area contributed by atoms with Crippen LogP contribution in [0.15, 0.2) is 24.8 Å². The predicted octanol–water partition coefficient (Wildman–Crippen LogP) is 3.08. The normalized spacial score (nSPS) is 15.5. The third-order valence-corrected chi connectivity index (χ3v) is 4.07. The summed E-state index contributed by atoms with van der Waals surface area (Å²) in [6, 6.07) is 4.02. The zero-order valence-corrected chi connectivity index (χ0v) is 16.2. The number of nitrogens with one attached hydrogen (secondary N) is 1. The number of rotatable bonds is 7. The molecule has 1 aromatic carbocycles. The van der Waals surface area contributed by atoms with E-state index in [2.05, 4.69) is 16.8 Å². The number of hydrogen-bond acceptors (Lipinski definition) is 5. The second-order valence-corrected chi connectivity index (χ2v) is 5.27. The van der Waals surface area contributed by atoms with Crippen LogP contribution < -0.4 is 19.5 Å². The molecule has 1 N–H and O–H groups in total. The Kier molecular flexibility index (Phi) is 10.9. The first-order valence-corrected chi connectivity index (χ1v) is 7.60. The maximum Gasteiger partial charge on any atom is 0.131 e. The molecule has 1 atom stereocenters. The highest BCUT2D eigenvalue weighted by Crippen LogP contribution is 2.42. The van der Waals surface area contributed by atoms with E-state index in [0.717, 1.165) is 55.4 Å². The lowest BCUT2D eigenvalue weighted by atomic mass is 9.98. The fraction of sp³-hybridized carbons (Fsp3) is 0.529. The molecule has 0 saturated carbocycles. The summed E-state index contributed by atoms with van der Waals surface area (Å²) in [6.45, 7) is 7.90. The van der Waals surface area contributed by atoms with E-state index in [1.54, 1.807) is 21.3 Å². The van der Waals surface area contributed by atoms with Crippen molar-refractivity contribution in [2.45, 2.75) is 12.5 Å². The van der Waals surface area contributed by atoms with Crippen molar-refractivity contribution in [3.8, 4) is 17.2 Å². The van der Waals surface area contributed by atoms with Gasteiger partial charge in [-0.15, -0.1) is 31.4 Å². The van der Waals surface area contributed by atoms with Crippen LogP contribution in [-0.2, 0) is 0 Å². The second kappa shape index (κ2) is 11.4. The maximum atomic E-state index is 5.61. The number of hydrogen-bond donors (Lipinski definition) is 1. The number of benzene rings is 1. The lowest BCUT2D eigenvalue weighted by Gasteiger charge is -2.36. The molecule has 1 aliphatic rings. The molecule has 0 aromatic heterocycles. The Bertz CT molecular complexity index is 484. The Hall–Kier alpha value is -1.14. The van der Waals surface area contributed by atoms with Gasteiger partial charge >= 0.3 is 0 Å². The van der Waals surface area contributed by atoms with Gasteiger partial charge in [0, 0.05) is 44.4 Å². The molecular weight excluding hydrogens is 351 g/mol. The number of piperazine rings is 1. The Balaban J connectivity index is 0.00000264. The first kappa shape index (κ1) is 22.9. The monoisotopic (exact) mass is 378 g/mol. The summed E-state index contributed by atoms with van der Waals surface area (Å²) < 4.78 is 16.6. The van der Waals surface area contributed by atoms with E-state index < -0.39 is 0 Å². The highest BCUT2D eigenvalue weighted by molar-refractivity contribution is 5.85. The van der Waals surface area contributed by atoms with Crippen LogP contribution in [0.4, 0.5) is 0 Å². The van der Waals surface area contributed by atoms with Crippen LogP contribution in [-0.4, -0.2) is 52.4 Å². The molecule has 0 spiro atoms. The maximum absolute atomic E-state index is 5.61. The van der Waals surface area contributed by atoms with E-state index in [9.17, 15) is 0 Å². The minimum atomic E-state index is 0. The van der Waals surface area contributed by atoms with Gasteiger partial charge in [0.25, 0.3) is 0 Å². The van der Waals surface area contributed by atoms with Crippen molar-refractivity contribution in [3.05, 3.63) is 30.4 Å². The summed E-state index contributed by atoms with van der Waals surface area (Å²) in [7, 11) is 5.01. The van der Waals surface area contributed by atoms with Gasteiger partial charge in [0.05, 0.1) is 26.9 Å². The van der Waals surface area contributed by atoms with E-state index in [-0.39, 0.29) is 30.9 Å². The minimum absolute atomic E-state index is 0. The molecule has 0 bridgehead atoms. The Morgan fingerprint density at radius 3 is 2.04 bits per heavy atom. The van der Waals surface area contributed by atoms with Gasteiger partial charge in [0.2, 0.25) is 0 Å². The molecule has 0 radical (unpaired) electrons. The molecule has 138 valence electrons. The average Bonchev–Trinajstić information content (AvgIpc) is 2.59. The largest absolute Gasteiger partial charge is 0.496 e. The molecule has 0 unspecified atom stereocenters. The molecule has 24 heavy (non-hydrogen) atoms. The van der Waals surface area contributed by atoms with Crippen LogP contribution in [0, 0.1) is 0 Å². The third-order valence-electron chi connectivity index (χ3n) is 4.07. The topological polar surface area (TPSA) is 43.0 Å². The van der Waals surface area contributed by atoms with Gasteiger partial charge in [-0.05, 0) is 6.42 Å². The van der Waals surface area contributed by atoms with Gasteiger partial charge in [-0.1, -0.05) is 6.08 Å². The summed E-state index contributed by atoms with van der Waals surface area (Å²) in [5.74, 6) is 2.32. The van der Waals surface area contributed by atoms with Gasteiger partial charge in [-0.25, -0.2) is 0 Å². The SMILES string of the molecule is C=CC[C@@H](c1c(OC)cc(OC)cc1OC)N1CCNCC1.Cl.Cl. The lowest BCUT2D eigenvalue weighted by molar-refractivity contribution is 0.168. The zero-order valence-electron chi connectivity index (χ0n) is 14.5. The van der Waals surface area contributed by atoms with E-state index in [1.165, 1.54) is 0 Å². The molecule has 0 amide bonds. The molecule has 7 heteroatoms. The zero-order chi connectivity index (χ0) is 15.9. The molecule has 2 rings (SSSR count). The number of halogens is 2. The fourth-order valence-corrected chi connectivity index (χ4v) is 2.96. The molecule has 1 saturated heterocycles. The van der Waals surface area contributed by atoms with Crippen LogP contribution >= 0.6 is 24.8 Å². The quantitative estimate of drug-likeness (QED) is 0.738. The minimum Gasteiger partial charge on any atom is -0.496 e. The lowest BCUT2D eigenvalue weighted by Crippen LogP contribution is -2.45. The van der Waals surface area contributed by atoms with E-state index in [1.807, 2.05) is 18.2 Å². The van der Waals surface area contributed by atoms with Gasteiger partial charge in [-0.2, -0.15) is 0 Å². The average molecular weight is 379 g/mol. The Morgan fingerprint density at radius 1 is 1.08 bits per heavy atom. The van der Waals surface area contributed by atoms with Crippen LogP contribution in [0.25, 0.3) is 0 Å². The Labute approximate surface area is 157 Å². The van der Waals surface area contributed by atoms with Gasteiger partial charge in [0.1, 0.15) is 17.2 Å². The smallest absolute Gasteiger partial charge is 0.131 e. The summed E-state index contributed by atoms with van der Waals surface area (Å²) >= 11 is 0. The fourth-order valence-electron chi connectivity index (χ4n) is 2.96. The summed E-state index contributed by atoms with van der Waals surface area (Å²) in [5.41, 5.74) is 1.06. The van der Waals surface area contributed by atoms with Crippen molar-refractivity contribution >= 4 is 24.8 Å². The van der Waals surface area contributed by atoms with Crippen LogP contribution in [0.3, 0.4) is 0 Å². The van der Waals surface area contributed by atoms with Crippen molar-refractivity contribution in [1.29, 1.82) is 0 Å². The molecule has 1 aromatic rings. The number of methoxy groups -OCH3 is 3. The van der Waals surface area contributed by atoms with Crippen molar-refractivity contribution in [1.82, 2.24) is 10.2 Å². The van der Waals surface area contributed by atoms with Gasteiger partial charge in [-0.3, -0.25) is 4.90 Å². The van der Waals surface area contributed by atoms with E-state index >= 15 is 0 Å². The van der Waals surface area contributed by atoms with Crippen LogP contribution in [0.2, 0.25) is 0 Å². The highest BCUT2D eigenvalue weighted by Gasteiger charge is 2.27. The molecule has 5 nitrogen and oxygen atoms in total.